The minimum atomic E-state index is -4.27. The van der Waals surface area contributed by atoms with Crippen LogP contribution in [-0.4, -0.2) is 48.0 Å². The number of nitrogens with one attached hydrogen (secondary N) is 1. The summed E-state index contributed by atoms with van der Waals surface area (Å²) >= 11 is 3.19. The lowest BCUT2D eigenvalue weighted by molar-refractivity contribution is 0.0264. The van der Waals surface area contributed by atoms with Crippen LogP contribution in [0.4, 0.5) is 10.6 Å². The monoisotopic (exact) mass is 434 g/mol. The highest BCUT2D eigenvalue weighted by atomic mass is 79.9. The van der Waals surface area contributed by atoms with Crippen molar-refractivity contribution in [1.82, 2.24) is 14.6 Å². The summed E-state index contributed by atoms with van der Waals surface area (Å²) in [6, 6.07) is 1.33. The number of carbonyl (C=O) groups is 1. The number of aromatic nitrogens is 1. The summed E-state index contributed by atoms with van der Waals surface area (Å²) < 4.78 is 33.2. The van der Waals surface area contributed by atoms with Gasteiger partial charge >= 0.3 is 6.09 Å². The number of sulfonamides is 1. The number of nitrogens with two attached hydrogens (primary N) is 1. The summed E-state index contributed by atoms with van der Waals surface area (Å²) in [5, 5.41) is 3.09. The molecule has 0 aliphatic carbocycles. The van der Waals surface area contributed by atoms with Gasteiger partial charge in [0, 0.05) is 17.2 Å². The zero-order valence-corrected chi connectivity index (χ0v) is 17.1. The molecule has 0 spiro atoms. The topological polar surface area (TPSA) is 115 Å². The van der Waals surface area contributed by atoms with Crippen LogP contribution in [0.5, 0.6) is 0 Å². The van der Waals surface area contributed by atoms with E-state index in [1.165, 1.54) is 12.3 Å². The molecule has 140 valence electrons. The van der Waals surface area contributed by atoms with E-state index >= 15 is 0 Å². The normalized spacial score (nSPS) is 21.2. The molecule has 1 unspecified atom stereocenters. The van der Waals surface area contributed by atoms with E-state index in [9.17, 15) is 13.2 Å². The molecule has 1 aromatic heterocycles. The van der Waals surface area contributed by atoms with Crippen LogP contribution in [0, 0.1) is 0 Å². The maximum Gasteiger partial charge on any atom is 0.424 e. The Balaban J connectivity index is 2.58. The van der Waals surface area contributed by atoms with E-state index in [1.807, 2.05) is 0 Å². The summed E-state index contributed by atoms with van der Waals surface area (Å²) in [7, 11) is -4.27. The number of amides is 1. The Morgan fingerprint density at radius 3 is 2.64 bits per heavy atom. The first kappa shape index (κ1) is 19.9. The van der Waals surface area contributed by atoms with Crippen LogP contribution in [0.3, 0.4) is 0 Å². The highest BCUT2D eigenvalue weighted by Gasteiger charge is 2.48. The molecule has 1 amide bonds. The first-order valence-electron chi connectivity index (χ1n) is 7.77. The Kier molecular flexibility index (Phi) is 5.36. The molecule has 0 bridgehead atoms. The first-order chi connectivity index (χ1) is 11.4. The van der Waals surface area contributed by atoms with Crippen LogP contribution in [0.2, 0.25) is 0 Å². The number of halogens is 1. The zero-order valence-electron chi connectivity index (χ0n) is 14.7. The molecule has 2 heterocycles. The molecule has 3 N–H and O–H groups in total. The summed E-state index contributed by atoms with van der Waals surface area (Å²) in [5.41, 5.74) is 3.98. The molecule has 0 saturated carbocycles. The minimum absolute atomic E-state index is 0.175. The van der Waals surface area contributed by atoms with Crippen molar-refractivity contribution in [3.8, 4) is 0 Å². The smallest absolute Gasteiger partial charge is 0.424 e. The Morgan fingerprint density at radius 1 is 1.48 bits per heavy atom. The molecular weight excluding hydrogens is 412 g/mol. The zero-order chi connectivity index (χ0) is 19.0. The standard InChI is InChI=1S/C15H23BrN4O4S/c1-14(2,3)24-13(21)20(15(4)5-6-18-9-15)25(22,23)11-7-10(16)8-19-12(11)17/h7-8,18H,5-6,9H2,1-4H3,(H2,17,19). The van der Waals surface area contributed by atoms with E-state index in [0.717, 1.165) is 4.31 Å². The van der Waals surface area contributed by atoms with Crippen LogP contribution < -0.4 is 11.1 Å². The van der Waals surface area contributed by atoms with E-state index in [1.54, 1.807) is 27.7 Å². The van der Waals surface area contributed by atoms with E-state index in [-0.39, 0.29) is 10.7 Å². The number of rotatable bonds is 3. The third kappa shape index (κ3) is 4.24. The Labute approximate surface area is 156 Å². The average Bonchev–Trinajstić information content (AvgIpc) is 2.86. The molecule has 1 aliphatic rings. The third-order valence-electron chi connectivity index (χ3n) is 3.76. The highest BCUT2D eigenvalue weighted by Crippen LogP contribution is 2.33. The van der Waals surface area contributed by atoms with Crippen molar-refractivity contribution in [3.05, 3.63) is 16.7 Å². The number of anilines is 1. The quantitative estimate of drug-likeness (QED) is 0.747. The molecule has 1 atom stereocenters. The van der Waals surface area contributed by atoms with Crippen molar-refractivity contribution >= 4 is 37.9 Å². The fourth-order valence-corrected chi connectivity index (χ4v) is 4.87. The molecular formula is C15H23BrN4O4S. The van der Waals surface area contributed by atoms with Gasteiger partial charge in [-0.05, 0) is 62.7 Å². The van der Waals surface area contributed by atoms with Gasteiger partial charge in [-0.25, -0.2) is 18.2 Å². The van der Waals surface area contributed by atoms with Gasteiger partial charge in [0.15, 0.2) is 0 Å². The lowest BCUT2D eigenvalue weighted by atomic mass is 10.0. The second-order valence-corrected chi connectivity index (χ2v) is 9.88. The molecule has 1 aliphatic heterocycles. The van der Waals surface area contributed by atoms with Gasteiger partial charge in [-0.3, -0.25) is 0 Å². The molecule has 0 radical (unpaired) electrons. The SMILES string of the molecule is CC(C)(C)OC(=O)N(C1(C)CCNC1)S(=O)(=O)c1cc(Br)cnc1N. The average molecular weight is 435 g/mol. The van der Waals surface area contributed by atoms with E-state index < -0.39 is 27.3 Å². The van der Waals surface area contributed by atoms with Crippen LogP contribution in [-0.2, 0) is 14.8 Å². The second-order valence-electron chi connectivity index (χ2n) is 7.21. The lowest BCUT2D eigenvalue weighted by Crippen LogP contribution is -2.55. The fourth-order valence-electron chi connectivity index (χ4n) is 2.63. The molecule has 0 aromatic carbocycles. The number of hydrogen-bond donors (Lipinski definition) is 2. The summed E-state index contributed by atoms with van der Waals surface area (Å²) in [5.74, 6) is -0.175. The van der Waals surface area contributed by atoms with Crippen molar-refractivity contribution in [2.24, 2.45) is 0 Å². The lowest BCUT2D eigenvalue weighted by Gasteiger charge is -2.37. The third-order valence-corrected chi connectivity index (χ3v) is 6.15. The number of carbonyl (C=O) groups excluding carboxylic acids is 1. The van der Waals surface area contributed by atoms with Gasteiger partial charge in [0.25, 0.3) is 10.0 Å². The largest absolute Gasteiger partial charge is 0.443 e. The van der Waals surface area contributed by atoms with E-state index in [0.29, 0.717) is 24.0 Å². The maximum atomic E-state index is 13.3. The van der Waals surface area contributed by atoms with Crippen molar-refractivity contribution in [2.75, 3.05) is 18.8 Å². The number of pyridine rings is 1. The summed E-state index contributed by atoms with van der Waals surface area (Å²) in [4.78, 5) is 16.4. The van der Waals surface area contributed by atoms with Gasteiger partial charge in [-0.1, -0.05) is 0 Å². The van der Waals surface area contributed by atoms with Crippen molar-refractivity contribution < 1.29 is 17.9 Å². The number of nitrogens with zero attached hydrogens (tertiary/aromatic N) is 2. The Bertz CT molecular complexity index is 770. The number of ether oxygens (including phenoxy) is 1. The molecule has 8 nitrogen and oxygen atoms in total. The fraction of sp³-hybridized carbons (Fsp3) is 0.600. The van der Waals surface area contributed by atoms with Gasteiger partial charge in [0.05, 0.1) is 5.54 Å². The Hall–Kier alpha value is -1.39. The van der Waals surface area contributed by atoms with Crippen LogP contribution in [0.1, 0.15) is 34.1 Å². The van der Waals surface area contributed by atoms with Gasteiger partial charge in [0.1, 0.15) is 16.3 Å². The van der Waals surface area contributed by atoms with Gasteiger partial charge in [-0.15, -0.1) is 0 Å². The predicted octanol–water partition coefficient (Wildman–Crippen LogP) is 2.10. The first-order valence-corrected chi connectivity index (χ1v) is 10.0. The van der Waals surface area contributed by atoms with Crippen molar-refractivity contribution in [3.63, 3.8) is 0 Å². The molecule has 2 rings (SSSR count). The van der Waals surface area contributed by atoms with E-state index in [4.69, 9.17) is 10.5 Å². The van der Waals surface area contributed by atoms with Crippen LogP contribution in [0.25, 0.3) is 0 Å². The Morgan fingerprint density at radius 2 is 2.12 bits per heavy atom. The maximum absolute atomic E-state index is 13.3. The second kappa shape index (κ2) is 6.73. The van der Waals surface area contributed by atoms with Gasteiger partial charge in [-0.2, -0.15) is 4.31 Å². The van der Waals surface area contributed by atoms with E-state index in [2.05, 4.69) is 26.2 Å². The molecule has 1 fully saturated rings. The van der Waals surface area contributed by atoms with Crippen LogP contribution >= 0.6 is 15.9 Å². The highest BCUT2D eigenvalue weighted by molar-refractivity contribution is 9.10. The number of hydrogen-bond acceptors (Lipinski definition) is 7. The van der Waals surface area contributed by atoms with Crippen LogP contribution in [0.15, 0.2) is 21.6 Å². The summed E-state index contributed by atoms with van der Waals surface area (Å²) in [6.45, 7) is 7.67. The molecule has 1 aromatic rings. The minimum Gasteiger partial charge on any atom is -0.443 e. The molecule has 10 heteroatoms. The number of nitrogen functional groups attached to an aromatic ring is 1. The molecule has 1 saturated heterocycles. The van der Waals surface area contributed by atoms with Crippen molar-refractivity contribution in [1.29, 1.82) is 0 Å². The van der Waals surface area contributed by atoms with Gasteiger partial charge < -0.3 is 15.8 Å². The predicted molar refractivity (Wildman–Crippen MR) is 97.5 cm³/mol. The summed E-state index contributed by atoms with van der Waals surface area (Å²) in [6.07, 6.45) is 0.927. The van der Waals surface area contributed by atoms with Gasteiger partial charge in [0.2, 0.25) is 0 Å². The molecule has 25 heavy (non-hydrogen) atoms. The van der Waals surface area contributed by atoms with Crippen molar-refractivity contribution in [2.45, 2.75) is 50.2 Å².